The van der Waals surface area contributed by atoms with Crippen LogP contribution in [0.25, 0.3) is 0 Å². The number of nitrogens with one attached hydrogen (secondary N) is 3. The van der Waals surface area contributed by atoms with Crippen LogP contribution in [0.4, 0.5) is 16.2 Å². The number of piperidine rings is 2. The van der Waals surface area contributed by atoms with Gasteiger partial charge in [0.25, 0.3) is 23.6 Å². The lowest BCUT2D eigenvalue weighted by molar-refractivity contribution is -0.137. The molecule has 2 atom stereocenters. The van der Waals surface area contributed by atoms with E-state index in [-0.39, 0.29) is 43.2 Å². The van der Waals surface area contributed by atoms with Crippen LogP contribution in [0.15, 0.2) is 36.4 Å². The summed E-state index contributed by atoms with van der Waals surface area (Å²) >= 11 is 0. The summed E-state index contributed by atoms with van der Waals surface area (Å²) in [5, 5.41) is 7.60. The van der Waals surface area contributed by atoms with E-state index in [0.717, 1.165) is 106 Å². The van der Waals surface area contributed by atoms with Gasteiger partial charge in [-0.25, -0.2) is 4.79 Å². The number of piperazine rings is 2. The molecule has 0 aromatic heterocycles. The number of benzene rings is 2. The maximum Gasteiger partial charge on any atom is 0.410 e. The van der Waals surface area contributed by atoms with Crippen LogP contribution < -0.4 is 25.8 Å². The van der Waals surface area contributed by atoms with Crippen molar-refractivity contribution in [2.45, 2.75) is 77.0 Å². The normalized spacial score (nSPS) is 21.5. The second-order valence-corrected chi connectivity index (χ2v) is 18.7. The maximum absolute atomic E-state index is 13.1. The van der Waals surface area contributed by atoms with Gasteiger partial charge < -0.3 is 24.8 Å². The number of rotatable bonds is 12. The second-order valence-electron chi connectivity index (χ2n) is 18.7. The third-order valence-corrected chi connectivity index (χ3v) is 12.9. The summed E-state index contributed by atoms with van der Waals surface area (Å²) < 4.78 is 5.39. The number of imide groups is 4. The van der Waals surface area contributed by atoms with Crippen molar-refractivity contribution in [3.8, 4) is 0 Å². The number of carbonyl (C=O) groups is 9. The third kappa shape index (κ3) is 11.1. The van der Waals surface area contributed by atoms with Gasteiger partial charge in [0.05, 0.1) is 22.3 Å². The number of hydrogen-bond donors (Lipinski definition) is 3. The summed E-state index contributed by atoms with van der Waals surface area (Å²) in [5.74, 6) is -3.89. The van der Waals surface area contributed by atoms with Crippen LogP contribution in [0.2, 0.25) is 0 Å². The molecular weight excluding hydrogens is 865 g/mol. The lowest BCUT2D eigenvalue weighted by Gasteiger charge is -2.36. The fraction of sp³-hybridized carbons (Fsp3) is 0.553. The SMILES string of the molecule is CN(CCCN1CCN(c2ccc3c(c2)C(=O)N(C2CCC(=O)NC2=O)C3=O)CC1)C(=O)OC(C)(C)C.CNCCCN1CCN(c2ccc3c(c2)C(=O)N(C2CCC(=O)NC2=O)C3=O)CC1. The zero-order chi connectivity index (χ0) is 48.2. The van der Waals surface area contributed by atoms with Crippen LogP contribution in [0, 0.1) is 0 Å². The van der Waals surface area contributed by atoms with Crippen molar-refractivity contribution >= 4 is 64.7 Å². The predicted molar refractivity (Wildman–Crippen MR) is 246 cm³/mol. The molecule has 0 saturated carbocycles. The molecule has 360 valence electrons. The summed E-state index contributed by atoms with van der Waals surface area (Å²) in [4.78, 5) is 124. The van der Waals surface area contributed by atoms with Gasteiger partial charge in [-0.3, -0.25) is 68.6 Å². The second kappa shape index (κ2) is 20.7. The van der Waals surface area contributed by atoms with E-state index in [4.69, 9.17) is 4.74 Å². The minimum atomic E-state index is -0.966. The highest BCUT2D eigenvalue weighted by atomic mass is 16.6. The van der Waals surface area contributed by atoms with E-state index >= 15 is 0 Å². The molecule has 2 unspecified atom stereocenters. The molecule has 4 fully saturated rings. The minimum absolute atomic E-state index is 0.0939. The average Bonchev–Trinajstić information content (AvgIpc) is 3.69. The molecule has 9 amide bonds. The average molecular weight is 927 g/mol. The molecule has 0 radical (unpaired) electrons. The van der Waals surface area contributed by atoms with Gasteiger partial charge in [0, 0.05) is 90.2 Å². The van der Waals surface area contributed by atoms with Gasteiger partial charge in [-0.05, 0) is 110 Å². The Morgan fingerprint density at radius 1 is 0.642 bits per heavy atom. The third-order valence-electron chi connectivity index (χ3n) is 12.9. The zero-order valence-corrected chi connectivity index (χ0v) is 39.1. The van der Waals surface area contributed by atoms with Gasteiger partial charge in [-0.1, -0.05) is 0 Å². The Kier molecular flexibility index (Phi) is 15.1. The van der Waals surface area contributed by atoms with Crippen LogP contribution in [0.1, 0.15) is 101 Å². The first-order valence-corrected chi connectivity index (χ1v) is 23.2. The first-order chi connectivity index (χ1) is 31.9. The van der Waals surface area contributed by atoms with Crippen LogP contribution in [0.3, 0.4) is 0 Å². The smallest absolute Gasteiger partial charge is 0.410 e. The first-order valence-electron chi connectivity index (χ1n) is 23.2. The fourth-order valence-electron chi connectivity index (χ4n) is 9.21. The number of fused-ring (bicyclic) bond motifs is 2. The Labute approximate surface area is 390 Å². The number of carbonyl (C=O) groups excluding carboxylic acids is 9. The molecule has 2 aromatic carbocycles. The number of ether oxygens (including phenoxy) is 1. The Hall–Kier alpha value is -6.25. The van der Waals surface area contributed by atoms with Gasteiger partial charge in [0.1, 0.15) is 17.7 Å². The molecule has 67 heavy (non-hydrogen) atoms. The molecule has 20 nitrogen and oxygen atoms in total. The highest BCUT2D eigenvalue weighted by molar-refractivity contribution is 6.24. The molecule has 6 aliphatic heterocycles. The van der Waals surface area contributed by atoms with Crippen LogP contribution >= 0.6 is 0 Å². The van der Waals surface area contributed by atoms with E-state index in [1.807, 2.05) is 40.0 Å². The molecule has 4 saturated heterocycles. The lowest BCUT2D eigenvalue weighted by Crippen LogP contribution is -2.54. The number of amides is 9. The summed E-state index contributed by atoms with van der Waals surface area (Å²) in [6.45, 7) is 15.9. The topological polar surface area (TPSA) is 222 Å². The molecule has 0 bridgehead atoms. The van der Waals surface area contributed by atoms with E-state index in [9.17, 15) is 43.2 Å². The molecule has 20 heteroatoms. The van der Waals surface area contributed by atoms with E-state index < -0.39 is 59.0 Å². The molecule has 2 aromatic rings. The Bertz CT molecular complexity index is 2300. The molecule has 0 aliphatic carbocycles. The van der Waals surface area contributed by atoms with Gasteiger partial charge in [0.15, 0.2) is 0 Å². The van der Waals surface area contributed by atoms with E-state index in [1.54, 1.807) is 36.2 Å². The van der Waals surface area contributed by atoms with Crippen LogP contribution in [0.5, 0.6) is 0 Å². The van der Waals surface area contributed by atoms with Gasteiger partial charge in [-0.15, -0.1) is 0 Å². The van der Waals surface area contributed by atoms with Crippen molar-refractivity contribution in [2.75, 3.05) is 102 Å². The van der Waals surface area contributed by atoms with Gasteiger partial charge >= 0.3 is 6.09 Å². The number of hydrogen-bond acceptors (Lipinski definition) is 15. The largest absolute Gasteiger partial charge is 0.444 e. The zero-order valence-electron chi connectivity index (χ0n) is 39.1. The monoisotopic (exact) mass is 926 g/mol. The predicted octanol–water partition coefficient (Wildman–Crippen LogP) is 1.29. The van der Waals surface area contributed by atoms with Crippen molar-refractivity contribution in [2.24, 2.45) is 0 Å². The Balaban J connectivity index is 0.000000203. The number of anilines is 2. The fourth-order valence-corrected chi connectivity index (χ4v) is 9.21. The molecule has 6 heterocycles. The Morgan fingerprint density at radius 2 is 1.06 bits per heavy atom. The molecule has 0 spiro atoms. The standard InChI is InChI=1S/C26H35N5O6.C21H27N5O4/c1-26(2,3)37-25(36)28(4)10-5-11-29-12-14-30(15-13-29)17-6-7-18-19(16-17)24(35)31(23(18)34)20-8-9-21(32)27-22(20)33;1-22-7-2-8-24-9-11-25(12-10-24)14-3-4-15-16(13-14)21(30)26(20(15)29)17-5-6-18(27)23-19(17)28/h6-7,16,20H,5,8-15H2,1-4H3,(H,27,32,33);3-4,13,17,22H,2,5-12H2,1H3,(H,23,27,28). The first kappa shape index (κ1) is 48.7. The van der Waals surface area contributed by atoms with Gasteiger partial charge in [-0.2, -0.15) is 0 Å². The van der Waals surface area contributed by atoms with E-state index in [0.29, 0.717) is 23.2 Å². The summed E-state index contributed by atoms with van der Waals surface area (Å²) in [7, 11) is 3.70. The molecule has 3 N–H and O–H groups in total. The highest BCUT2D eigenvalue weighted by Crippen LogP contribution is 2.33. The summed E-state index contributed by atoms with van der Waals surface area (Å²) in [6.07, 6.45) is 2.14. The molecular formula is C47H62N10O10. The molecule has 8 rings (SSSR count). The van der Waals surface area contributed by atoms with E-state index in [1.165, 1.54) is 0 Å². The van der Waals surface area contributed by atoms with E-state index in [2.05, 4.69) is 35.6 Å². The summed E-state index contributed by atoms with van der Waals surface area (Å²) in [5.41, 5.74) is 2.48. The van der Waals surface area contributed by atoms with Crippen LogP contribution in [-0.2, 0) is 23.9 Å². The highest BCUT2D eigenvalue weighted by Gasteiger charge is 2.46. The van der Waals surface area contributed by atoms with Crippen molar-refractivity contribution in [3.05, 3.63) is 58.7 Å². The van der Waals surface area contributed by atoms with Gasteiger partial charge in [0.2, 0.25) is 23.6 Å². The van der Waals surface area contributed by atoms with Crippen molar-refractivity contribution in [3.63, 3.8) is 0 Å². The minimum Gasteiger partial charge on any atom is -0.444 e. The lowest BCUT2D eigenvalue weighted by atomic mass is 10.0. The number of nitrogens with zero attached hydrogens (tertiary/aromatic N) is 7. The van der Waals surface area contributed by atoms with Crippen LogP contribution in [-0.4, -0.2) is 188 Å². The quantitative estimate of drug-likeness (QED) is 0.202. The van der Waals surface area contributed by atoms with Crippen molar-refractivity contribution in [1.82, 2.24) is 40.4 Å². The maximum atomic E-state index is 13.1. The molecule has 6 aliphatic rings. The van der Waals surface area contributed by atoms with Crippen molar-refractivity contribution in [1.29, 1.82) is 0 Å². The van der Waals surface area contributed by atoms with Crippen molar-refractivity contribution < 1.29 is 47.9 Å². The Morgan fingerprint density at radius 3 is 1.46 bits per heavy atom. The summed E-state index contributed by atoms with van der Waals surface area (Å²) in [6, 6.07) is 8.63.